The third kappa shape index (κ3) is 15.4. The molecule has 0 aliphatic carbocycles. The van der Waals surface area contributed by atoms with Gasteiger partial charge in [0.05, 0.1) is 93.0 Å². The van der Waals surface area contributed by atoms with Crippen molar-refractivity contribution in [2.75, 3.05) is 99.6 Å². The lowest BCUT2D eigenvalue weighted by Crippen LogP contribution is -2.15. The first-order valence-corrected chi connectivity index (χ1v) is 10.2. The van der Waals surface area contributed by atoms with Crippen molar-refractivity contribution < 1.29 is 43.0 Å². The molecule has 0 saturated carbocycles. The number of para-hydroxylation sites is 2. The highest BCUT2D eigenvalue weighted by molar-refractivity contribution is 5.39. The molecule has 1 N–H and O–H groups in total. The molecule has 0 aromatic heterocycles. The smallest absolute Gasteiger partial charge is 0.161 e. The maximum absolute atomic E-state index is 8.54. The molecule has 0 fully saturated rings. The van der Waals surface area contributed by atoms with Crippen LogP contribution in [0.4, 0.5) is 0 Å². The number of aliphatic hydroxyl groups is 1. The van der Waals surface area contributed by atoms with Crippen LogP contribution >= 0.6 is 0 Å². The fourth-order valence-corrected chi connectivity index (χ4v) is 2.21. The van der Waals surface area contributed by atoms with Crippen LogP contribution in [0.3, 0.4) is 0 Å². The van der Waals surface area contributed by atoms with Crippen LogP contribution in [0.2, 0.25) is 0 Å². The summed E-state index contributed by atoms with van der Waals surface area (Å²) in [5.41, 5.74) is 0. The molecule has 0 unspecified atom stereocenters. The Balaban J connectivity index is 1.74. The van der Waals surface area contributed by atoms with Crippen LogP contribution in [-0.4, -0.2) is 105 Å². The van der Waals surface area contributed by atoms with Crippen molar-refractivity contribution >= 4 is 0 Å². The Morgan fingerprint density at radius 3 is 1.30 bits per heavy atom. The van der Waals surface area contributed by atoms with Gasteiger partial charge in [0, 0.05) is 0 Å². The topological polar surface area (TPSA) is 94.1 Å². The first kappa shape index (κ1) is 26.6. The Morgan fingerprint density at radius 2 is 0.900 bits per heavy atom. The first-order chi connectivity index (χ1) is 14.9. The minimum atomic E-state index is 0.0306. The quantitative estimate of drug-likeness (QED) is 0.271. The number of ether oxygens (including phenoxy) is 8. The van der Waals surface area contributed by atoms with Crippen molar-refractivity contribution in [3.8, 4) is 11.5 Å². The Hall–Kier alpha value is -1.46. The van der Waals surface area contributed by atoms with E-state index in [1.54, 1.807) is 7.11 Å². The SMILES string of the molecule is COc1ccccc1OCCOCCOCCOCCOCCOCCOCCO. The van der Waals surface area contributed by atoms with E-state index in [-0.39, 0.29) is 6.61 Å². The van der Waals surface area contributed by atoms with E-state index in [4.69, 9.17) is 43.0 Å². The van der Waals surface area contributed by atoms with Gasteiger partial charge in [-0.15, -0.1) is 0 Å². The second-order valence-corrected chi connectivity index (χ2v) is 5.90. The van der Waals surface area contributed by atoms with Gasteiger partial charge in [-0.2, -0.15) is 0 Å². The van der Waals surface area contributed by atoms with E-state index >= 15 is 0 Å². The highest BCUT2D eigenvalue weighted by Gasteiger charge is 2.01. The molecule has 9 heteroatoms. The van der Waals surface area contributed by atoms with E-state index in [0.717, 1.165) is 0 Å². The summed E-state index contributed by atoms with van der Waals surface area (Å²) >= 11 is 0. The van der Waals surface area contributed by atoms with Gasteiger partial charge in [0.25, 0.3) is 0 Å². The van der Waals surface area contributed by atoms with E-state index in [2.05, 4.69) is 0 Å². The van der Waals surface area contributed by atoms with Crippen molar-refractivity contribution in [2.24, 2.45) is 0 Å². The number of aliphatic hydroxyl groups excluding tert-OH is 1. The van der Waals surface area contributed by atoms with Crippen LogP contribution in [-0.2, 0) is 28.4 Å². The first-order valence-electron chi connectivity index (χ1n) is 10.2. The molecule has 30 heavy (non-hydrogen) atoms. The molecule has 9 nitrogen and oxygen atoms in total. The van der Waals surface area contributed by atoms with E-state index in [1.165, 1.54) is 0 Å². The lowest BCUT2D eigenvalue weighted by molar-refractivity contribution is -0.0191. The van der Waals surface area contributed by atoms with Crippen LogP contribution in [0.15, 0.2) is 24.3 Å². The number of rotatable bonds is 22. The summed E-state index contributed by atoms with van der Waals surface area (Å²) in [6.45, 7) is 6.36. The lowest BCUT2D eigenvalue weighted by Gasteiger charge is -2.10. The van der Waals surface area contributed by atoms with Crippen molar-refractivity contribution in [1.82, 2.24) is 0 Å². The molecular weight excluding hydrogens is 396 g/mol. The summed E-state index contributed by atoms with van der Waals surface area (Å²) in [6.07, 6.45) is 0. The highest BCUT2D eigenvalue weighted by atomic mass is 16.6. The largest absolute Gasteiger partial charge is 0.493 e. The third-order valence-electron chi connectivity index (χ3n) is 3.65. The van der Waals surface area contributed by atoms with Crippen LogP contribution in [0, 0.1) is 0 Å². The summed E-state index contributed by atoms with van der Waals surface area (Å²) in [5.74, 6) is 1.41. The molecule has 0 radical (unpaired) electrons. The molecule has 1 rings (SSSR count). The zero-order valence-electron chi connectivity index (χ0n) is 17.9. The molecule has 174 valence electrons. The Bertz CT molecular complexity index is 487. The van der Waals surface area contributed by atoms with Gasteiger partial charge in [-0.25, -0.2) is 0 Å². The molecular formula is C21H36O9. The molecule has 0 bridgehead atoms. The minimum Gasteiger partial charge on any atom is -0.493 e. The van der Waals surface area contributed by atoms with Crippen LogP contribution < -0.4 is 9.47 Å². The summed E-state index contributed by atoms with van der Waals surface area (Å²) in [5, 5.41) is 8.54. The Morgan fingerprint density at radius 1 is 0.533 bits per heavy atom. The third-order valence-corrected chi connectivity index (χ3v) is 3.65. The molecule has 0 aliphatic rings. The van der Waals surface area contributed by atoms with Gasteiger partial charge < -0.3 is 43.0 Å². The molecule has 0 atom stereocenters. The van der Waals surface area contributed by atoms with Crippen molar-refractivity contribution in [1.29, 1.82) is 0 Å². The van der Waals surface area contributed by atoms with Gasteiger partial charge in [0.15, 0.2) is 11.5 Å². The average Bonchev–Trinajstić information content (AvgIpc) is 2.78. The van der Waals surface area contributed by atoms with Gasteiger partial charge >= 0.3 is 0 Å². The van der Waals surface area contributed by atoms with Gasteiger partial charge in [-0.3, -0.25) is 0 Å². The zero-order chi connectivity index (χ0) is 21.5. The van der Waals surface area contributed by atoms with E-state index in [0.29, 0.717) is 97.4 Å². The molecule has 0 saturated heterocycles. The van der Waals surface area contributed by atoms with Crippen molar-refractivity contribution in [3.05, 3.63) is 24.3 Å². The minimum absolute atomic E-state index is 0.0306. The molecule has 0 spiro atoms. The normalized spacial score (nSPS) is 11.0. The van der Waals surface area contributed by atoms with Gasteiger partial charge in [-0.05, 0) is 12.1 Å². The fourth-order valence-electron chi connectivity index (χ4n) is 2.21. The number of hydrogen-bond acceptors (Lipinski definition) is 9. The lowest BCUT2D eigenvalue weighted by atomic mass is 10.3. The van der Waals surface area contributed by atoms with Gasteiger partial charge in [0.1, 0.15) is 6.61 Å². The summed E-state index contributed by atoms with van der Waals surface area (Å²) < 4.78 is 42.9. The van der Waals surface area contributed by atoms with Crippen LogP contribution in [0.25, 0.3) is 0 Å². The zero-order valence-corrected chi connectivity index (χ0v) is 17.9. The van der Waals surface area contributed by atoms with Gasteiger partial charge in [0.2, 0.25) is 0 Å². The van der Waals surface area contributed by atoms with Crippen LogP contribution in [0.5, 0.6) is 11.5 Å². The van der Waals surface area contributed by atoms with Crippen LogP contribution in [0.1, 0.15) is 0 Å². The standard InChI is InChI=1S/C21H36O9/c1-23-20-4-2-3-5-21(20)30-19-18-29-17-16-28-15-14-27-13-12-26-11-10-25-9-8-24-7-6-22/h2-5,22H,6-19H2,1H3. The molecule has 0 amide bonds. The van der Waals surface area contributed by atoms with E-state index in [9.17, 15) is 0 Å². The second kappa shape index (κ2) is 20.8. The number of hydrogen-bond donors (Lipinski definition) is 1. The maximum Gasteiger partial charge on any atom is 0.161 e. The number of methoxy groups -OCH3 is 1. The predicted octanol–water partition coefficient (Wildman–Crippen LogP) is 1.17. The Labute approximate surface area is 179 Å². The summed E-state index contributed by atoms with van der Waals surface area (Å²) in [4.78, 5) is 0. The summed E-state index contributed by atoms with van der Waals surface area (Å²) in [6, 6.07) is 7.51. The molecule has 1 aromatic rings. The highest BCUT2D eigenvalue weighted by Crippen LogP contribution is 2.25. The molecule has 0 aliphatic heterocycles. The Kier molecular flexibility index (Phi) is 18.4. The molecule has 0 heterocycles. The average molecular weight is 433 g/mol. The predicted molar refractivity (Wildman–Crippen MR) is 110 cm³/mol. The van der Waals surface area contributed by atoms with E-state index in [1.807, 2.05) is 24.3 Å². The second-order valence-electron chi connectivity index (χ2n) is 5.90. The molecule has 1 aromatic carbocycles. The van der Waals surface area contributed by atoms with Gasteiger partial charge in [-0.1, -0.05) is 12.1 Å². The van der Waals surface area contributed by atoms with E-state index < -0.39 is 0 Å². The van der Waals surface area contributed by atoms with Crippen molar-refractivity contribution in [3.63, 3.8) is 0 Å². The monoisotopic (exact) mass is 432 g/mol. The fraction of sp³-hybridized carbons (Fsp3) is 0.714. The maximum atomic E-state index is 8.54. The number of benzene rings is 1. The van der Waals surface area contributed by atoms with Crippen molar-refractivity contribution in [2.45, 2.75) is 0 Å². The summed E-state index contributed by atoms with van der Waals surface area (Å²) in [7, 11) is 1.61.